The first-order valence-electron chi connectivity index (χ1n) is 5.57. The summed E-state index contributed by atoms with van der Waals surface area (Å²) in [6.45, 7) is 2.97. The third-order valence-electron chi connectivity index (χ3n) is 3.44. The number of rotatable bonds is 3. The molecule has 1 aromatic rings. The van der Waals surface area contributed by atoms with Crippen molar-refractivity contribution in [2.75, 3.05) is 13.2 Å². The van der Waals surface area contributed by atoms with Crippen LogP contribution in [-0.2, 0) is 10.2 Å². The second-order valence-electron chi connectivity index (χ2n) is 4.37. The minimum Gasteiger partial charge on any atom is -0.379 e. The maximum absolute atomic E-state index is 13.1. The standard InChI is InChI=1S/C13H13ClFNO/c1-2-9(6-16)13(7-17-8-13)10-3-4-12(15)11(14)5-10/h3-5,9H,2,7-8H2,1H3. The highest BCUT2D eigenvalue weighted by Gasteiger charge is 2.46. The van der Waals surface area contributed by atoms with Gasteiger partial charge in [-0.2, -0.15) is 5.26 Å². The van der Waals surface area contributed by atoms with Gasteiger partial charge in [0.05, 0.1) is 35.6 Å². The number of ether oxygens (including phenoxy) is 1. The maximum Gasteiger partial charge on any atom is 0.141 e. The highest BCUT2D eigenvalue weighted by Crippen LogP contribution is 2.41. The molecule has 0 N–H and O–H groups in total. The van der Waals surface area contributed by atoms with E-state index in [-0.39, 0.29) is 16.4 Å². The summed E-state index contributed by atoms with van der Waals surface area (Å²) in [4.78, 5) is 0. The van der Waals surface area contributed by atoms with Crippen LogP contribution in [0.15, 0.2) is 18.2 Å². The van der Waals surface area contributed by atoms with Crippen molar-refractivity contribution < 1.29 is 9.13 Å². The second kappa shape index (κ2) is 4.64. The van der Waals surface area contributed by atoms with Crippen molar-refractivity contribution >= 4 is 11.6 Å². The molecule has 0 aliphatic carbocycles. The largest absolute Gasteiger partial charge is 0.379 e. The molecular weight excluding hydrogens is 241 g/mol. The summed E-state index contributed by atoms with van der Waals surface area (Å²) in [6.07, 6.45) is 0.745. The van der Waals surface area contributed by atoms with Gasteiger partial charge in [0.1, 0.15) is 5.82 Å². The zero-order valence-corrected chi connectivity index (χ0v) is 10.3. The summed E-state index contributed by atoms with van der Waals surface area (Å²) in [5, 5.41) is 9.30. The van der Waals surface area contributed by atoms with Crippen LogP contribution >= 0.6 is 11.6 Å². The van der Waals surface area contributed by atoms with Crippen LogP contribution in [0, 0.1) is 23.1 Å². The minimum absolute atomic E-state index is 0.0987. The first kappa shape index (κ1) is 12.3. The molecule has 4 heteroatoms. The van der Waals surface area contributed by atoms with Crippen LogP contribution in [0.5, 0.6) is 0 Å². The second-order valence-corrected chi connectivity index (χ2v) is 4.77. The molecule has 0 amide bonds. The highest BCUT2D eigenvalue weighted by atomic mass is 35.5. The molecule has 0 radical (unpaired) electrons. The Kier molecular flexibility index (Phi) is 3.37. The van der Waals surface area contributed by atoms with E-state index in [1.54, 1.807) is 12.1 Å². The maximum atomic E-state index is 13.1. The van der Waals surface area contributed by atoms with Crippen molar-refractivity contribution in [2.45, 2.75) is 18.8 Å². The van der Waals surface area contributed by atoms with Gasteiger partial charge in [0.15, 0.2) is 0 Å². The Bertz CT molecular complexity index is 465. The average molecular weight is 254 g/mol. The summed E-state index contributed by atoms with van der Waals surface area (Å²) in [6, 6.07) is 6.97. The van der Waals surface area contributed by atoms with E-state index < -0.39 is 5.82 Å². The summed E-state index contributed by atoms with van der Waals surface area (Å²) in [5.41, 5.74) is 0.574. The summed E-state index contributed by atoms with van der Waals surface area (Å²) in [7, 11) is 0. The quantitative estimate of drug-likeness (QED) is 0.828. The molecule has 1 atom stereocenters. The molecule has 2 rings (SSSR count). The van der Waals surface area contributed by atoms with Gasteiger partial charge < -0.3 is 4.74 Å². The Morgan fingerprint density at radius 2 is 2.29 bits per heavy atom. The lowest BCUT2D eigenvalue weighted by Gasteiger charge is -2.45. The highest BCUT2D eigenvalue weighted by molar-refractivity contribution is 6.30. The van der Waals surface area contributed by atoms with Gasteiger partial charge >= 0.3 is 0 Å². The third-order valence-corrected chi connectivity index (χ3v) is 3.73. The monoisotopic (exact) mass is 253 g/mol. The van der Waals surface area contributed by atoms with Crippen LogP contribution in [0.3, 0.4) is 0 Å². The first-order valence-corrected chi connectivity index (χ1v) is 5.94. The summed E-state index contributed by atoms with van der Waals surface area (Å²) >= 11 is 5.79. The molecule has 1 fully saturated rings. The molecule has 0 spiro atoms. The van der Waals surface area contributed by atoms with Gasteiger partial charge in [-0.25, -0.2) is 4.39 Å². The van der Waals surface area contributed by atoms with Crippen molar-refractivity contribution in [3.63, 3.8) is 0 Å². The van der Waals surface area contributed by atoms with Crippen molar-refractivity contribution in [1.29, 1.82) is 5.26 Å². The summed E-state index contributed by atoms with van der Waals surface area (Å²) < 4.78 is 18.4. The number of halogens is 2. The number of benzene rings is 1. The zero-order chi connectivity index (χ0) is 12.5. The van der Waals surface area contributed by atoms with Gasteiger partial charge in [0, 0.05) is 0 Å². The third kappa shape index (κ3) is 1.92. The first-order chi connectivity index (χ1) is 8.14. The lowest BCUT2D eigenvalue weighted by Crippen LogP contribution is -2.52. The Hall–Kier alpha value is -1.11. The Morgan fingerprint density at radius 3 is 2.71 bits per heavy atom. The Labute approximate surface area is 105 Å². The predicted molar refractivity (Wildman–Crippen MR) is 63.3 cm³/mol. The van der Waals surface area contributed by atoms with Crippen LogP contribution in [0.4, 0.5) is 4.39 Å². The molecule has 2 nitrogen and oxygen atoms in total. The van der Waals surface area contributed by atoms with Crippen LogP contribution in [-0.4, -0.2) is 13.2 Å². The number of hydrogen-bond donors (Lipinski definition) is 0. The van der Waals surface area contributed by atoms with E-state index in [2.05, 4.69) is 6.07 Å². The molecule has 17 heavy (non-hydrogen) atoms. The smallest absolute Gasteiger partial charge is 0.141 e. The SMILES string of the molecule is CCC(C#N)C1(c2ccc(F)c(Cl)c2)COC1. The average Bonchev–Trinajstić information content (AvgIpc) is 2.27. The van der Waals surface area contributed by atoms with Gasteiger partial charge in [-0.15, -0.1) is 0 Å². The normalized spacial score (nSPS) is 19.2. The predicted octanol–water partition coefficient (Wildman–Crippen LogP) is 3.30. The van der Waals surface area contributed by atoms with E-state index in [1.807, 2.05) is 6.92 Å². The Morgan fingerprint density at radius 1 is 1.59 bits per heavy atom. The van der Waals surface area contributed by atoms with Gasteiger partial charge in [-0.05, 0) is 24.1 Å². The number of nitrogens with zero attached hydrogens (tertiary/aromatic N) is 1. The summed E-state index contributed by atoms with van der Waals surface area (Å²) in [5.74, 6) is -0.561. The van der Waals surface area contributed by atoms with Crippen LogP contribution < -0.4 is 0 Å². The van der Waals surface area contributed by atoms with Crippen LogP contribution in [0.1, 0.15) is 18.9 Å². The molecule has 1 aliphatic heterocycles. The molecule has 1 unspecified atom stereocenters. The molecular formula is C13H13ClFNO. The van der Waals surface area contributed by atoms with Crippen LogP contribution in [0.2, 0.25) is 5.02 Å². The van der Waals surface area contributed by atoms with Crippen molar-refractivity contribution in [1.82, 2.24) is 0 Å². The van der Waals surface area contributed by atoms with Gasteiger partial charge in [0.2, 0.25) is 0 Å². The fourth-order valence-corrected chi connectivity index (χ4v) is 2.48. The van der Waals surface area contributed by atoms with E-state index in [0.29, 0.717) is 13.2 Å². The van der Waals surface area contributed by atoms with E-state index in [9.17, 15) is 9.65 Å². The minimum atomic E-state index is -0.434. The fraction of sp³-hybridized carbons (Fsp3) is 0.462. The van der Waals surface area contributed by atoms with E-state index in [4.69, 9.17) is 16.3 Å². The van der Waals surface area contributed by atoms with Crippen molar-refractivity contribution in [3.8, 4) is 6.07 Å². The molecule has 0 bridgehead atoms. The topological polar surface area (TPSA) is 33.0 Å². The van der Waals surface area contributed by atoms with Gasteiger partial charge in [-0.3, -0.25) is 0 Å². The number of hydrogen-bond acceptors (Lipinski definition) is 2. The molecule has 1 heterocycles. The molecule has 1 saturated heterocycles. The van der Waals surface area contributed by atoms with E-state index in [1.165, 1.54) is 6.07 Å². The van der Waals surface area contributed by atoms with Gasteiger partial charge in [-0.1, -0.05) is 24.6 Å². The molecule has 0 saturated carbocycles. The molecule has 90 valence electrons. The molecule has 0 aromatic heterocycles. The fourth-order valence-electron chi connectivity index (χ4n) is 2.30. The van der Waals surface area contributed by atoms with Crippen molar-refractivity contribution in [3.05, 3.63) is 34.6 Å². The lowest BCUT2D eigenvalue weighted by atomic mass is 9.68. The number of nitriles is 1. The molecule has 1 aliphatic rings. The Balaban J connectivity index is 2.41. The lowest BCUT2D eigenvalue weighted by molar-refractivity contribution is -0.0805. The van der Waals surface area contributed by atoms with Crippen molar-refractivity contribution in [2.24, 2.45) is 5.92 Å². The zero-order valence-electron chi connectivity index (χ0n) is 9.54. The van der Waals surface area contributed by atoms with E-state index >= 15 is 0 Å². The van der Waals surface area contributed by atoms with Crippen LogP contribution in [0.25, 0.3) is 0 Å². The molecule has 1 aromatic carbocycles. The van der Waals surface area contributed by atoms with Gasteiger partial charge in [0.25, 0.3) is 0 Å². The van der Waals surface area contributed by atoms with E-state index in [0.717, 1.165) is 12.0 Å².